The van der Waals surface area contributed by atoms with Crippen molar-refractivity contribution < 1.29 is 4.74 Å². The summed E-state index contributed by atoms with van der Waals surface area (Å²) in [5.41, 5.74) is -0.141. The molecule has 0 spiro atoms. The second kappa shape index (κ2) is 6.85. The maximum Gasteiger partial charge on any atom is 0.140 e. The number of rotatable bonds is 8. The smallest absolute Gasteiger partial charge is 0.140 e. The molecule has 0 radical (unpaired) electrons. The highest BCUT2D eigenvalue weighted by atomic mass is 16.5. The lowest BCUT2D eigenvalue weighted by Crippen LogP contribution is -2.37. The van der Waals surface area contributed by atoms with E-state index >= 15 is 0 Å². The third-order valence-electron chi connectivity index (χ3n) is 2.60. The third kappa shape index (κ3) is 5.14. The highest BCUT2D eigenvalue weighted by Gasteiger charge is 2.17. The molecular weight excluding hydrogens is 228 g/mol. The van der Waals surface area contributed by atoms with Crippen molar-refractivity contribution in [3.8, 4) is 0 Å². The van der Waals surface area contributed by atoms with E-state index in [9.17, 15) is 0 Å². The molecule has 5 nitrogen and oxygen atoms in total. The van der Waals surface area contributed by atoms with Crippen LogP contribution in [0.15, 0.2) is 6.33 Å². The van der Waals surface area contributed by atoms with Crippen molar-refractivity contribution in [1.29, 1.82) is 0 Å². The highest BCUT2D eigenvalue weighted by molar-refractivity contribution is 4.85. The van der Waals surface area contributed by atoms with Gasteiger partial charge in [0, 0.05) is 19.7 Å². The number of aromatic nitrogens is 3. The van der Waals surface area contributed by atoms with E-state index in [-0.39, 0.29) is 5.60 Å². The monoisotopic (exact) mass is 254 g/mol. The average Bonchev–Trinajstić information content (AvgIpc) is 2.64. The van der Waals surface area contributed by atoms with Crippen LogP contribution in [-0.2, 0) is 17.8 Å². The molecule has 1 heterocycles. The Morgan fingerprint density at radius 1 is 1.44 bits per heavy atom. The van der Waals surface area contributed by atoms with Crippen LogP contribution in [0, 0.1) is 5.92 Å². The fraction of sp³-hybridized carbons (Fsp3) is 0.846. The highest BCUT2D eigenvalue weighted by Crippen LogP contribution is 2.07. The van der Waals surface area contributed by atoms with Gasteiger partial charge in [-0.05, 0) is 26.7 Å². The van der Waals surface area contributed by atoms with Crippen molar-refractivity contribution in [2.24, 2.45) is 5.92 Å². The number of hydrogen-bond acceptors (Lipinski definition) is 4. The Kier molecular flexibility index (Phi) is 5.75. The minimum absolute atomic E-state index is 0.141. The topological polar surface area (TPSA) is 52.0 Å². The molecule has 0 saturated heterocycles. The Morgan fingerprint density at radius 3 is 2.78 bits per heavy atom. The predicted molar refractivity (Wildman–Crippen MR) is 72.3 cm³/mol. The maximum absolute atomic E-state index is 5.64. The molecule has 0 aliphatic rings. The minimum Gasteiger partial charge on any atom is -0.375 e. The summed E-state index contributed by atoms with van der Waals surface area (Å²) in [5.74, 6) is 1.56. The fourth-order valence-electron chi connectivity index (χ4n) is 1.84. The second-order valence-corrected chi connectivity index (χ2v) is 5.55. The van der Waals surface area contributed by atoms with Crippen LogP contribution >= 0.6 is 0 Å². The molecule has 0 aliphatic heterocycles. The van der Waals surface area contributed by atoms with Gasteiger partial charge in [-0.25, -0.2) is 9.67 Å². The van der Waals surface area contributed by atoms with Crippen LogP contribution in [0.3, 0.4) is 0 Å². The van der Waals surface area contributed by atoms with Crippen LogP contribution in [0.1, 0.15) is 40.4 Å². The van der Waals surface area contributed by atoms with E-state index in [4.69, 9.17) is 4.74 Å². The van der Waals surface area contributed by atoms with E-state index in [0.717, 1.165) is 32.1 Å². The number of nitrogens with one attached hydrogen (secondary N) is 1. The first-order valence-corrected chi connectivity index (χ1v) is 6.66. The minimum atomic E-state index is -0.141. The Morgan fingerprint density at radius 2 is 2.17 bits per heavy atom. The Balaban J connectivity index is 2.42. The molecule has 1 N–H and O–H groups in total. The van der Waals surface area contributed by atoms with Gasteiger partial charge >= 0.3 is 0 Å². The zero-order valence-corrected chi connectivity index (χ0v) is 12.2. The first-order chi connectivity index (χ1) is 8.44. The van der Waals surface area contributed by atoms with Crippen LogP contribution in [0.5, 0.6) is 0 Å². The quantitative estimate of drug-likeness (QED) is 0.769. The van der Waals surface area contributed by atoms with Crippen molar-refractivity contribution in [3.63, 3.8) is 0 Å². The number of hydrogen-bond donors (Lipinski definition) is 1. The number of nitrogens with zero attached hydrogens (tertiary/aromatic N) is 3. The van der Waals surface area contributed by atoms with Crippen molar-refractivity contribution in [2.45, 2.75) is 53.3 Å². The standard InChI is InChI=1S/C13H26N4O/c1-6-18-13(4,5)9-14-7-12-15-10-16-17(12)8-11(2)3/h10-11,14H,6-9H2,1-5H3. The van der Waals surface area contributed by atoms with Gasteiger partial charge in [-0.3, -0.25) is 0 Å². The molecule has 0 saturated carbocycles. The van der Waals surface area contributed by atoms with Gasteiger partial charge in [0.2, 0.25) is 0 Å². The molecule has 1 rings (SSSR count). The zero-order chi connectivity index (χ0) is 13.6. The molecule has 0 fully saturated rings. The van der Waals surface area contributed by atoms with Crippen molar-refractivity contribution >= 4 is 0 Å². The lowest BCUT2D eigenvalue weighted by molar-refractivity contribution is -0.00912. The molecule has 0 aromatic carbocycles. The second-order valence-electron chi connectivity index (χ2n) is 5.55. The summed E-state index contributed by atoms with van der Waals surface area (Å²) in [5, 5.41) is 7.62. The van der Waals surface area contributed by atoms with E-state index < -0.39 is 0 Å². The average molecular weight is 254 g/mol. The summed E-state index contributed by atoms with van der Waals surface area (Å²) >= 11 is 0. The van der Waals surface area contributed by atoms with Crippen molar-refractivity contribution in [2.75, 3.05) is 13.2 Å². The largest absolute Gasteiger partial charge is 0.375 e. The van der Waals surface area contributed by atoms with Crippen LogP contribution in [0.25, 0.3) is 0 Å². The summed E-state index contributed by atoms with van der Waals surface area (Å²) < 4.78 is 7.60. The molecule has 5 heteroatoms. The van der Waals surface area contributed by atoms with Crippen LogP contribution < -0.4 is 5.32 Å². The van der Waals surface area contributed by atoms with Gasteiger partial charge in [-0.15, -0.1) is 0 Å². The van der Waals surface area contributed by atoms with E-state index in [1.165, 1.54) is 0 Å². The first-order valence-electron chi connectivity index (χ1n) is 6.66. The molecule has 0 unspecified atom stereocenters. The Bertz CT molecular complexity index is 347. The SMILES string of the molecule is CCOC(C)(C)CNCc1ncnn1CC(C)C. The number of ether oxygens (including phenoxy) is 1. The Labute approximate surface area is 110 Å². The van der Waals surface area contributed by atoms with E-state index in [2.05, 4.69) is 43.1 Å². The maximum atomic E-state index is 5.64. The lowest BCUT2D eigenvalue weighted by atomic mass is 10.1. The van der Waals surface area contributed by atoms with E-state index in [1.54, 1.807) is 6.33 Å². The zero-order valence-electron chi connectivity index (χ0n) is 12.2. The fourth-order valence-corrected chi connectivity index (χ4v) is 1.84. The molecule has 1 aromatic heterocycles. The molecular formula is C13H26N4O. The molecule has 0 bridgehead atoms. The molecule has 0 atom stereocenters. The van der Waals surface area contributed by atoms with Crippen LogP contribution in [0.4, 0.5) is 0 Å². The van der Waals surface area contributed by atoms with Crippen molar-refractivity contribution in [3.05, 3.63) is 12.2 Å². The molecule has 104 valence electrons. The van der Waals surface area contributed by atoms with Gasteiger partial charge in [-0.1, -0.05) is 13.8 Å². The van der Waals surface area contributed by atoms with Crippen LogP contribution in [0.2, 0.25) is 0 Å². The van der Waals surface area contributed by atoms with Gasteiger partial charge in [0.25, 0.3) is 0 Å². The summed E-state index contributed by atoms with van der Waals surface area (Å²) in [6, 6.07) is 0. The predicted octanol–water partition coefficient (Wildman–Crippen LogP) is 1.84. The Hall–Kier alpha value is -0.940. The summed E-state index contributed by atoms with van der Waals surface area (Å²) in [6.45, 7) is 13.7. The summed E-state index contributed by atoms with van der Waals surface area (Å²) in [6.07, 6.45) is 1.62. The first kappa shape index (κ1) is 15.1. The molecule has 0 amide bonds. The summed E-state index contributed by atoms with van der Waals surface area (Å²) in [4.78, 5) is 4.28. The molecule has 18 heavy (non-hydrogen) atoms. The van der Waals surface area contributed by atoms with Gasteiger partial charge in [0.1, 0.15) is 12.2 Å². The lowest BCUT2D eigenvalue weighted by Gasteiger charge is -2.24. The van der Waals surface area contributed by atoms with Gasteiger partial charge in [0.15, 0.2) is 0 Å². The van der Waals surface area contributed by atoms with Gasteiger partial charge < -0.3 is 10.1 Å². The summed E-state index contributed by atoms with van der Waals surface area (Å²) in [7, 11) is 0. The molecule has 0 aliphatic carbocycles. The van der Waals surface area contributed by atoms with Gasteiger partial charge in [0.05, 0.1) is 12.1 Å². The van der Waals surface area contributed by atoms with E-state index in [0.29, 0.717) is 5.92 Å². The van der Waals surface area contributed by atoms with Crippen LogP contribution in [-0.4, -0.2) is 33.5 Å². The molecule has 1 aromatic rings. The van der Waals surface area contributed by atoms with E-state index in [1.807, 2.05) is 11.6 Å². The van der Waals surface area contributed by atoms with Crippen molar-refractivity contribution in [1.82, 2.24) is 20.1 Å². The van der Waals surface area contributed by atoms with Gasteiger partial charge in [-0.2, -0.15) is 5.10 Å². The normalized spacial score (nSPS) is 12.3. The third-order valence-corrected chi connectivity index (χ3v) is 2.60.